The maximum atomic E-state index is 5.69. The van der Waals surface area contributed by atoms with Crippen molar-refractivity contribution in [1.82, 2.24) is 9.97 Å². The van der Waals surface area contributed by atoms with E-state index < -0.39 is 0 Å². The second-order valence-electron chi connectivity index (χ2n) is 2.20. The molecule has 0 radical (unpaired) electrons. The third-order valence-corrected chi connectivity index (χ3v) is 2.45. The highest BCUT2D eigenvalue weighted by molar-refractivity contribution is 7.13. The Morgan fingerprint density at radius 3 is 2.92 bits per heavy atom. The molecule has 2 aromatic rings. The van der Waals surface area contributed by atoms with Crippen LogP contribution in [0.5, 0.6) is 0 Å². The lowest BCUT2D eigenvalue weighted by atomic mass is 10.4. The van der Waals surface area contributed by atoms with Gasteiger partial charge in [-0.25, -0.2) is 4.98 Å². The topological polar surface area (TPSA) is 25.8 Å². The summed E-state index contributed by atoms with van der Waals surface area (Å²) in [5, 5.41) is 2.43. The summed E-state index contributed by atoms with van der Waals surface area (Å²) >= 11 is 7.32. The molecule has 2 nitrogen and oxygen atoms in total. The summed E-state index contributed by atoms with van der Waals surface area (Å²) in [6, 6.07) is 3.97. The molecule has 60 valence electrons. The Bertz CT molecular complexity index is 372. The summed E-state index contributed by atoms with van der Waals surface area (Å²) in [7, 11) is 0. The summed E-state index contributed by atoms with van der Waals surface area (Å²) in [4.78, 5) is 9.17. The molecule has 0 amide bonds. The van der Waals surface area contributed by atoms with Gasteiger partial charge in [-0.2, -0.15) is 0 Å². The molecule has 2 heterocycles. The van der Waals surface area contributed by atoms with Gasteiger partial charge in [0.2, 0.25) is 0 Å². The van der Waals surface area contributed by atoms with Crippen molar-refractivity contribution in [3.8, 4) is 10.6 Å². The molecule has 4 heteroatoms. The highest BCUT2D eigenvalue weighted by atomic mass is 35.5. The van der Waals surface area contributed by atoms with Crippen molar-refractivity contribution >= 4 is 22.9 Å². The fraction of sp³-hybridized carbons (Fsp3) is 0. The minimum absolute atomic E-state index is 0.431. The number of hydrogen-bond donors (Lipinski definition) is 0. The van der Waals surface area contributed by atoms with E-state index in [0.29, 0.717) is 5.15 Å². The van der Waals surface area contributed by atoms with E-state index in [1.54, 1.807) is 17.5 Å². The van der Waals surface area contributed by atoms with Gasteiger partial charge in [0.15, 0.2) is 0 Å². The lowest BCUT2D eigenvalue weighted by Crippen LogP contribution is -1.82. The number of aromatic nitrogens is 2. The molecular formula is C8H5ClN2S. The molecule has 0 aromatic carbocycles. The van der Waals surface area contributed by atoms with Crippen LogP contribution in [0.4, 0.5) is 0 Å². The standard InChI is InChI=1S/C8H5ClN2S/c9-8-5-10-4-6(11-8)7-2-1-3-12-7/h1-5H. The average Bonchev–Trinajstić information content (AvgIpc) is 2.56. The molecule has 0 saturated carbocycles. The molecule has 0 N–H and O–H groups in total. The summed E-state index contributed by atoms with van der Waals surface area (Å²) in [6.45, 7) is 0. The first-order valence-electron chi connectivity index (χ1n) is 3.38. The fourth-order valence-electron chi connectivity index (χ4n) is 0.885. The number of nitrogens with zero attached hydrogens (tertiary/aromatic N) is 2. The molecule has 0 aliphatic carbocycles. The van der Waals surface area contributed by atoms with Gasteiger partial charge < -0.3 is 0 Å². The fourth-order valence-corrected chi connectivity index (χ4v) is 1.71. The van der Waals surface area contributed by atoms with Crippen LogP contribution in [-0.2, 0) is 0 Å². The molecule has 0 saturated heterocycles. The first-order chi connectivity index (χ1) is 5.86. The predicted octanol–water partition coefficient (Wildman–Crippen LogP) is 2.86. The van der Waals surface area contributed by atoms with Crippen LogP contribution in [0.3, 0.4) is 0 Å². The van der Waals surface area contributed by atoms with Crippen molar-refractivity contribution in [3.63, 3.8) is 0 Å². The second-order valence-corrected chi connectivity index (χ2v) is 3.54. The normalized spacial score (nSPS) is 10.1. The van der Waals surface area contributed by atoms with Gasteiger partial charge in [0.25, 0.3) is 0 Å². The van der Waals surface area contributed by atoms with E-state index in [0.717, 1.165) is 10.6 Å². The molecule has 0 bridgehead atoms. The molecule has 0 spiro atoms. The zero-order valence-electron chi connectivity index (χ0n) is 6.07. The predicted molar refractivity (Wildman–Crippen MR) is 50.4 cm³/mol. The Labute approximate surface area is 78.9 Å². The molecule has 0 unspecified atom stereocenters. The summed E-state index contributed by atoms with van der Waals surface area (Å²) < 4.78 is 0. The van der Waals surface area contributed by atoms with Gasteiger partial charge in [0.1, 0.15) is 10.8 Å². The Hall–Kier alpha value is -0.930. The van der Waals surface area contributed by atoms with Gasteiger partial charge in [0, 0.05) is 0 Å². The van der Waals surface area contributed by atoms with E-state index in [1.807, 2.05) is 17.5 Å². The highest BCUT2D eigenvalue weighted by Gasteiger charge is 2.00. The summed E-state index contributed by atoms with van der Waals surface area (Å²) in [5.41, 5.74) is 0.831. The minimum atomic E-state index is 0.431. The minimum Gasteiger partial charge on any atom is -0.259 e. The van der Waals surface area contributed by atoms with Crippen molar-refractivity contribution in [2.75, 3.05) is 0 Å². The van der Waals surface area contributed by atoms with E-state index >= 15 is 0 Å². The summed E-state index contributed by atoms with van der Waals surface area (Å²) in [6.07, 6.45) is 3.23. The Balaban J connectivity index is 2.48. The van der Waals surface area contributed by atoms with E-state index in [2.05, 4.69) is 9.97 Å². The van der Waals surface area contributed by atoms with Crippen molar-refractivity contribution in [2.24, 2.45) is 0 Å². The first kappa shape index (κ1) is 7.71. The van der Waals surface area contributed by atoms with E-state index in [4.69, 9.17) is 11.6 Å². The monoisotopic (exact) mass is 196 g/mol. The lowest BCUT2D eigenvalue weighted by molar-refractivity contribution is 1.21. The molecule has 0 fully saturated rings. The first-order valence-corrected chi connectivity index (χ1v) is 4.63. The number of hydrogen-bond acceptors (Lipinski definition) is 3. The maximum absolute atomic E-state index is 5.69. The van der Waals surface area contributed by atoms with E-state index in [1.165, 1.54) is 6.20 Å². The van der Waals surface area contributed by atoms with Crippen molar-refractivity contribution < 1.29 is 0 Å². The van der Waals surface area contributed by atoms with E-state index in [-0.39, 0.29) is 0 Å². The van der Waals surface area contributed by atoms with Crippen molar-refractivity contribution in [2.45, 2.75) is 0 Å². The van der Waals surface area contributed by atoms with Gasteiger partial charge in [-0.15, -0.1) is 11.3 Å². The average molecular weight is 197 g/mol. The molecular weight excluding hydrogens is 192 g/mol. The number of halogens is 1. The SMILES string of the molecule is Clc1cncc(-c2cccs2)n1. The zero-order chi connectivity index (χ0) is 8.39. The molecule has 2 rings (SSSR count). The van der Waals surface area contributed by atoms with Crippen LogP contribution in [0, 0.1) is 0 Å². The van der Waals surface area contributed by atoms with Crippen molar-refractivity contribution in [1.29, 1.82) is 0 Å². The summed E-state index contributed by atoms with van der Waals surface area (Å²) in [5.74, 6) is 0. The Morgan fingerprint density at radius 1 is 1.33 bits per heavy atom. The van der Waals surface area contributed by atoms with Crippen molar-refractivity contribution in [3.05, 3.63) is 35.1 Å². The second kappa shape index (κ2) is 3.21. The van der Waals surface area contributed by atoms with Crippen LogP contribution in [0.25, 0.3) is 10.6 Å². The van der Waals surface area contributed by atoms with E-state index in [9.17, 15) is 0 Å². The van der Waals surface area contributed by atoms with Crippen LogP contribution >= 0.6 is 22.9 Å². The van der Waals surface area contributed by atoms with Gasteiger partial charge in [0.05, 0.1) is 17.3 Å². The largest absolute Gasteiger partial charge is 0.259 e. The Morgan fingerprint density at radius 2 is 2.25 bits per heavy atom. The van der Waals surface area contributed by atoms with Crippen LogP contribution < -0.4 is 0 Å². The number of thiophene rings is 1. The van der Waals surface area contributed by atoms with Crippen LogP contribution in [0.15, 0.2) is 29.9 Å². The molecule has 12 heavy (non-hydrogen) atoms. The quantitative estimate of drug-likeness (QED) is 0.701. The van der Waals surface area contributed by atoms with Crippen LogP contribution in [0.2, 0.25) is 5.15 Å². The van der Waals surface area contributed by atoms with Crippen LogP contribution in [-0.4, -0.2) is 9.97 Å². The number of rotatable bonds is 1. The Kier molecular flexibility index (Phi) is 2.06. The van der Waals surface area contributed by atoms with Gasteiger partial charge in [-0.3, -0.25) is 4.98 Å². The smallest absolute Gasteiger partial charge is 0.148 e. The maximum Gasteiger partial charge on any atom is 0.148 e. The third kappa shape index (κ3) is 1.47. The molecule has 0 aliphatic rings. The lowest BCUT2D eigenvalue weighted by Gasteiger charge is -1.94. The molecule has 0 aliphatic heterocycles. The van der Waals surface area contributed by atoms with Crippen LogP contribution in [0.1, 0.15) is 0 Å². The van der Waals surface area contributed by atoms with Gasteiger partial charge in [-0.05, 0) is 11.4 Å². The molecule has 0 atom stereocenters. The van der Waals surface area contributed by atoms with Gasteiger partial charge >= 0.3 is 0 Å². The third-order valence-electron chi connectivity index (χ3n) is 1.38. The van der Waals surface area contributed by atoms with Gasteiger partial charge in [-0.1, -0.05) is 17.7 Å². The highest BCUT2D eigenvalue weighted by Crippen LogP contribution is 2.22. The molecule has 2 aromatic heterocycles. The zero-order valence-corrected chi connectivity index (χ0v) is 7.64.